The number of carbonyl (C=O) groups is 2. The summed E-state index contributed by atoms with van der Waals surface area (Å²) in [6.45, 7) is 0. The third-order valence-electron chi connectivity index (χ3n) is 2.74. The molecule has 0 spiro atoms. The van der Waals surface area contributed by atoms with Crippen LogP contribution in [0.2, 0.25) is 0 Å². The van der Waals surface area contributed by atoms with Crippen LogP contribution in [0.15, 0.2) is 42.1 Å². The largest absolute Gasteiger partial charge is 0.481 e. The van der Waals surface area contributed by atoms with Crippen molar-refractivity contribution in [3.05, 3.63) is 42.1 Å². The quantitative estimate of drug-likeness (QED) is 0.781. The summed E-state index contributed by atoms with van der Waals surface area (Å²) in [6.07, 6.45) is 2.75. The fourth-order valence-electron chi connectivity index (χ4n) is 1.84. The molecule has 4 nitrogen and oxygen atoms in total. The molecule has 1 aromatic carbocycles. The van der Waals surface area contributed by atoms with Crippen LogP contribution >= 0.6 is 0 Å². The maximum atomic E-state index is 11.9. The van der Waals surface area contributed by atoms with E-state index >= 15 is 0 Å². The highest BCUT2D eigenvalue weighted by molar-refractivity contribution is 6.09. The van der Waals surface area contributed by atoms with E-state index in [0.717, 1.165) is 5.69 Å². The van der Waals surface area contributed by atoms with Gasteiger partial charge in [-0.15, -0.1) is 0 Å². The van der Waals surface area contributed by atoms with Crippen molar-refractivity contribution in [2.75, 3.05) is 5.32 Å². The Kier molecular flexibility index (Phi) is 3.23. The van der Waals surface area contributed by atoms with E-state index in [1.807, 2.05) is 30.3 Å². The van der Waals surface area contributed by atoms with Gasteiger partial charge in [0.15, 0.2) is 5.78 Å². The number of allylic oxidation sites excluding steroid dienone is 2. The predicted octanol–water partition coefficient (Wildman–Crippen LogP) is 2.05. The molecule has 4 heteroatoms. The molecular formula is C13H13NO3. The standard InChI is InChI=1S/C13H13NO3/c15-12-10(13(16)17)7-4-8-11(12)14-9-5-2-1-3-6-9/h1-3,5-6,8,10,14H,4,7H2,(H,16,17). The minimum absolute atomic E-state index is 0.340. The highest BCUT2D eigenvalue weighted by atomic mass is 16.4. The second-order valence-corrected chi connectivity index (χ2v) is 3.94. The van der Waals surface area contributed by atoms with E-state index < -0.39 is 11.9 Å². The van der Waals surface area contributed by atoms with Crippen LogP contribution < -0.4 is 5.32 Å². The average Bonchev–Trinajstić information content (AvgIpc) is 2.33. The molecule has 2 rings (SSSR count). The molecule has 1 aromatic rings. The van der Waals surface area contributed by atoms with Gasteiger partial charge in [-0.05, 0) is 25.0 Å². The van der Waals surface area contributed by atoms with Crippen LogP contribution in [0.3, 0.4) is 0 Å². The number of carboxylic acid groups (broad SMARTS) is 1. The maximum absolute atomic E-state index is 11.9. The number of carboxylic acids is 1. The first-order valence-corrected chi connectivity index (χ1v) is 5.48. The van der Waals surface area contributed by atoms with Crippen LogP contribution in [0.4, 0.5) is 5.69 Å². The molecule has 88 valence electrons. The number of nitrogens with one attached hydrogen (secondary N) is 1. The van der Waals surface area contributed by atoms with E-state index in [1.54, 1.807) is 6.08 Å². The van der Waals surface area contributed by atoms with Gasteiger partial charge in [0.05, 0.1) is 5.70 Å². The van der Waals surface area contributed by atoms with Crippen LogP contribution in [-0.4, -0.2) is 16.9 Å². The second kappa shape index (κ2) is 4.82. The fourth-order valence-corrected chi connectivity index (χ4v) is 1.84. The van der Waals surface area contributed by atoms with Crippen molar-refractivity contribution in [3.63, 3.8) is 0 Å². The van der Waals surface area contributed by atoms with Crippen molar-refractivity contribution in [1.29, 1.82) is 0 Å². The highest BCUT2D eigenvalue weighted by Crippen LogP contribution is 2.22. The third-order valence-corrected chi connectivity index (χ3v) is 2.74. The summed E-state index contributed by atoms with van der Waals surface area (Å²) in [6, 6.07) is 9.25. The molecule has 0 aromatic heterocycles. The van der Waals surface area contributed by atoms with Gasteiger partial charge in [0.25, 0.3) is 0 Å². The Morgan fingerprint density at radius 1 is 1.29 bits per heavy atom. The van der Waals surface area contributed by atoms with Crippen molar-refractivity contribution >= 4 is 17.4 Å². The molecule has 1 aliphatic rings. The lowest BCUT2D eigenvalue weighted by molar-refractivity contribution is -0.145. The number of Topliss-reactive ketones (excluding diaryl/α,β-unsaturated/α-hetero) is 1. The third kappa shape index (κ3) is 2.53. The first-order chi connectivity index (χ1) is 8.18. The van der Waals surface area contributed by atoms with Crippen molar-refractivity contribution in [1.82, 2.24) is 0 Å². The van der Waals surface area contributed by atoms with E-state index in [4.69, 9.17) is 5.11 Å². The fraction of sp³-hybridized carbons (Fsp3) is 0.231. The molecule has 1 aliphatic carbocycles. The minimum Gasteiger partial charge on any atom is -0.481 e. The molecule has 0 fully saturated rings. The Morgan fingerprint density at radius 2 is 2.00 bits per heavy atom. The molecule has 0 bridgehead atoms. The summed E-state index contributed by atoms with van der Waals surface area (Å²) < 4.78 is 0. The van der Waals surface area contributed by atoms with Crippen molar-refractivity contribution in [2.24, 2.45) is 5.92 Å². The molecule has 1 unspecified atom stereocenters. The molecule has 0 aliphatic heterocycles. The Hall–Kier alpha value is -2.10. The van der Waals surface area contributed by atoms with E-state index in [9.17, 15) is 9.59 Å². The van der Waals surface area contributed by atoms with Gasteiger partial charge in [0, 0.05) is 5.69 Å². The van der Waals surface area contributed by atoms with Crippen molar-refractivity contribution in [3.8, 4) is 0 Å². The number of para-hydroxylation sites is 1. The van der Waals surface area contributed by atoms with Crippen LogP contribution in [0.1, 0.15) is 12.8 Å². The Bertz CT molecular complexity index is 465. The number of rotatable bonds is 3. The number of anilines is 1. The molecule has 0 saturated heterocycles. The van der Waals surface area contributed by atoms with Crippen LogP contribution in [0.25, 0.3) is 0 Å². The van der Waals surface area contributed by atoms with Gasteiger partial charge in [0.2, 0.25) is 0 Å². The summed E-state index contributed by atoms with van der Waals surface area (Å²) in [5.41, 5.74) is 1.17. The topological polar surface area (TPSA) is 66.4 Å². The molecule has 0 saturated carbocycles. The lowest BCUT2D eigenvalue weighted by Crippen LogP contribution is -2.30. The zero-order chi connectivity index (χ0) is 12.3. The predicted molar refractivity (Wildman–Crippen MR) is 63.5 cm³/mol. The maximum Gasteiger partial charge on any atom is 0.314 e. The number of benzene rings is 1. The zero-order valence-electron chi connectivity index (χ0n) is 9.22. The first-order valence-electron chi connectivity index (χ1n) is 5.48. The summed E-state index contributed by atoms with van der Waals surface area (Å²) in [7, 11) is 0. The van der Waals surface area contributed by atoms with Crippen molar-refractivity contribution in [2.45, 2.75) is 12.8 Å². The monoisotopic (exact) mass is 231 g/mol. The van der Waals surface area contributed by atoms with Crippen molar-refractivity contribution < 1.29 is 14.7 Å². The molecular weight excluding hydrogens is 218 g/mol. The lowest BCUT2D eigenvalue weighted by Gasteiger charge is -2.19. The molecule has 0 amide bonds. The lowest BCUT2D eigenvalue weighted by atomic mass is 9.91. The number of carbonyl (C=O) groups excluding carboxylic acids is 1. The van der Waals surface area contributed by atoms with Gasteiger partial charge < -0.3 is 10.4 Å². The number of aliphatic carboxylic acids is 1. The number of hydrogen-bond donors (Lipinski definition) is 2. The Morgan fingerprint density at radius 3 is 2.65 bits per heavy atom. The van der Waals surface area contributed by atoms with Gasteiger partial charge >= 0.3 is 5.97 Å². The SMILES string of the molecule is O=C(O)C1CCC=C(Nc2ccccc2)C1=O. The van der Waals surface area contributed by atoms with Crippen LogP contribution in [-0.2, 0) is 9.59 Å². The normalized spacial score (nSPS) is 19.6. The smallest absolute Gasteiger partial charge is 0.314 e. The molecule has 0 heterocycles. The van der Waals surface area contributed by atoms with E-state index in [1.165, 1.54) is 0 Å². The molecule has 0 radical (unpaired) electrons. The Labute approximate surface area is 99.0 Å². The minimum atomic E-state index is -1.05. The number of hydrogen-bond acceptors (Lipinski definition) is 3. The first kappa shape index (κ1) is 11.4. The van der Waals surface area contributed by atoms with Gasteiger partial charge in [0.1, 0.15) is 5.92 Å². The zero-order valence-corrected chi connectivity index (χ0v) is 9.22. The average molecular weight is 231 g/mol. The van der Waals surface area contributed by atoms with Gasteiger partial charge in [-0.25, -0.2) is 0 Å². The molecule has 1 atom stereocenters. The van der Waals surface area contributed by atoms with E-state index in [-0.39, 0.29) is 5.78 Å². The second-order valence-electron chi connectivity index (χ2n) is 3.94. The Balaban J connectivity index is 2.14. The number of ketones is 1. The summed E-state index contributed by atoms with van der Waals surface area (Å²) in [5, 5.41) is 11.9. The van der Waals surface area contributed by atoms with E-state index in [2.05, 4.69) is 5.32 Å². The summed E-state index contributed by atoms with van der Waals surface area (Å²) >= 11 is 0. The molecule has 17 heavy (non-hydrogen) atoms. The summed E-state index contributed by atoms with van der Waals surface area (Å²) in [4.78, 5) is 22.7. The van der Waals surface area contributed by atoms with Crippen LogP contribution in [0, 0.1) is 5.92 Å². The van der Waals surface area contributed by atoms with E-state index in [0.29, 0.717) is 18.5 Å². The van der Waals surface area contributed by atoms with Crippen LogP contribution in [0.5, 0.6) is 0 Å². The highest BCUT2D eigenvalue weighted by Gasteiger charge is 2.31. The summed E-state index contributed by atoms with van der Waals surface area (Å²) in [5.74, 6) is -2.30. The molecule has 2 N–H and O–H groups in total. The van der Waals surface area contributed by atoms with Gasteiger partial charge in [-0.1, -0.05) is 24.3 Å². The van der Waals surface area contributed by atoms with Gasteiger partial charge in [-0.2, -0.15) is 0 Å². The van der Waals surface area contributed by atoms with Gasteiger partial charge in [-0.3, -0.25) is 9.59 Å².